The molecule has 3 aromatic rings. The van der Waals surface area contributed by atoms with Gasteiger partial charge >= 0.3 is 0 Å². The molecule has 7 heteroatoms. The Morgan fingerprint density at radius 2 is 1.46 bits per heavy atom. The second-order valence-electron chi connectivity index (χ2n) is 10.8. The number of carbonyl (C=O) groups excluding carboxylic acids is 2. The number of nitrogens with zero attached hydrogens (tertiary/aromatic N) is 4. The van der Waals surface area contributed by atoms with Crippen LogP contribution in [0, 0.1) is 0 Å². The molecule has 0 spiro atoms. The Morgan fingerprint density at radius 1 is 0.795 bits per heavy atom. The van der Waals surface area contributed by atoms with E-state index in [4.69, 9.17) is 4.99 Å². The molecule has 3 aromatic carbocycles. The Balaban J connectivity index is 1.03. The summed E-state index contributed by atoms with van der Waals surface area (Å²) in [7, 11) is 0. The molecule has 0 N–H and O–H groups in total. The van der Waals surface area contributed by atoms with Crippen molar-refractivity contribution in [3.8, 4) is 0 Å². The van der Waals surface area contributed by atoms with Crippen LogP contribution in [0.2, 0.25) is 0 Å². The number of rotatable bonds is 6. The van der Waals surface area contributed by atoms with Crippen molar-refractivity contribution >= 4 is 35.1 Å². The van der Waals surface area contributed by atoms with E-state index in [-0.39, 0.29) is 18.2 Å². The summed E-state index contributed by atoms with van der Waals surface area (Å²) in [6, 6.07) is 26.6. The van der Waals surface area contributed by atoms with E-state index in [0.29, 0.717) is 6.54 Å². The number of likely N-dealkylation sites (tertiary alicyclic amines) is 1. The van der Waals surface area contributed by atoms with Gasteiger partial charge in [-0.1, -0.05) is 72.4 Å². The Hall–Kier alpha value is -3.42. The highest BCUT2D eigenvalue weighted by molar-refractivity contribution is 7.99. The number of amidine groups is 1. The first-order valence-electron chi connectivity index (χ1n) is 13.9. The summed E-state index contributed by atoms with van der Waals surface area (Å²) in [5.41, 5.74) is 2.42. The van der Waals surface area contributed by atoms with Gasteiger partial charge in [0.05, 0.1) is 11.1 Å². The lowest BCUT2D eigenvalue weighted by atomic mass is 9.81. The Kier molecular flexibility index (Phi) is 7.28. The zero-order chi connectivity index (χ0) is 26.8. The Labute approximate surface area is 234 Å². The van der Waals surface area contributed by atoms with Crippen molar-refractivity contribution in [2.45, 2.75) is 41.4 Å². The summed E-state index contributed by atoms with van der Waals surface area (Å²) in [6.07, 6.45) is 2.05. The van der Waals surface area contributed by atoms with Crippen molar-refractivity contribution in [3.63, 3.8) is 0 Å². The lowest BCUT2D eigenvalue weighted by Gasteiger charge is -2.36. The predicted molar refractivity (Wildman–Crippen MR) is 156 cm³/mol. The molecule has 200 valence electrons. The van der Waals surface area contributed by atoms with Crippen LogP contribution in [0.3, 0.4) is 0 Å². The maximum absolute atomic E-state index is 13.2. The van der Waals surface area contributed by atoms with Crippen molar-refractivity contribution in [1.29, 1.82) is 0 Å². The standard InChI is InChI=1S/C32H34N4O2S/c1-32(24-11-3-2-4-12-24)23-29(37)36(31(32)38)18-10-9-17-34-19-21-35(22-20-34)30-25-13-5-7-15-27(25)39-28-16-8-6-14-26(28)33-30/h2-8,11-16H,9-10,17-23H2,1H3. The number of amides is 2. The van der Waals surface area contributed by atoms with Gasteiger partial charge in [-0.25, -0.2) is 4.99 Å². The fourth-order valence-corrected chi connectivity index (χ4v) is 6.86. The largest absolute Gasteiger partial charge is 0.354 e. The first kappa shape index (κ1) is 25.8. The first-order chi connectivity index (χ1) is 19.0. The van der Waals surface area contributed by atoms with Gasteiger partial charge in [-0.05, 0) is 50.1 Å². The summed E-state index contributed by atoms with van der Waals surface area (Å²) in [5, 5.41) is 0. The number of aliphatic imine (C=N–C) groups is 1. The highest BCUT2D eigenvalue weighted by Crippen LogP contribution is 2.40. The molecule has 2 saturated heterocycles. The highest BCUT2D eigenvalue weighted by atomic mass is 32.2. The molecule has 39 heavy (non-hydrogen) atoms. The molecule has 3 aliphatic rings. The molecule has 1 unspecified atom stereocenters. The molecule has 1 atom stereocenters. The number of carbonyl (C=O) groups is 2. The third-order valence-electron chi connectivity index (χ3n) is 8.15. The second kappa shape index (κ2) is 11.0. The first-order valence-corrected chi connectivity index (χ1v) is 14.7. The van der Waals surface area contributed by atoms with E-state index in [1.807, 2.05) is 37.3 Å². The van der Waals surface area contributed by atoms with Gasteiger partial charge in [0.25, 0.3) is 0 Å². The average Bonchev–Trinajstić information content (AvgIpc) is 3.10. The van der Waals surface area contributed by atoms with E-state index in [9.17, 15) is 9.59 Å². The van der Waals surface area contributed by atoms with Crippen LogP contribution < -0.4 is 0 Å². The smallest absolute Gasteiger partial charge is 0.240 e. The monoisotopic (exact) mass is 538 g/mol. The van der Waals surface area contributed by atoms with Gasteiger partial charge in [0, 0.05) is 54.5 Å². The van der Waals surface area contributed by atoms with Crippen molar-refractivity contribution in [1.82, 2.24) is 14.7 Å². The topological polar surface area (TPSA) is 56.2 Å². The van der Waals surface area contributed by atoms with Crippen LogP contribution >= 0.6 is 11.8 Å². The Bertz CT molecular complexity index is 1400. The summed E-state index contributed by atoms with van der Waals surface area (Å²) >= 11 is 1.79. The average molecular weight is 539 g/mol. The minimum atomic E-state index is -0.743. The number of hydrogen-bond acceptors (Lipinski definition) is 6. The van der Waals surface area contributed by atoms with Gasteiger partial charge < -0.3 is 4.90 Å². The molecular weight excluding hydrogens is 504 g/mol. The van der Waals surface area contributed by atoms with E-state index in [1.54, 1.807) is 11.8 Å². The van der Waals surface area contributed by atoms with Crippen molar-refractivity contribution in [3.05, 3.63) is 90.0 Å². The minimum Gasteiger partial charge on any atom is -0.354 e. The molecule has 3 heterocycles. The van der Waals surface area contributed by atoms with Gasteiger partial charge in [-0.2, -0.15) is 0 Å². The number of fused-ring (bicyclic) bond motifs is 2. The Morgan fingerprint density at radius 3 is 2.26 bits per heavy atom. The highest BCUT2D eigenvalue weighted by Gasteiger charge is 2.48. The summed E-state index contributed by atoms with van der Waals surface area (Å²) in [4.78, 5) is 39.9. The van der Waals surface area contributed by atoms with Crippen molar-refractivity contribution in [2.24, 2.45) is 4.99 Å². The minimum absolute atomic E-state index is 0.0517. The van der Waals surface area contributed by atoms with Crippen molar-refractivity contribution < 1.29 is 9.59 Å². The van der Waals surface area contributed by atoms with E-state index < -0.39 is 5.41 Å². The molecule has 3 aliphatic heterocycles. The van der Waals surface area contributed by atoms with Crippen LogP contribution in [0.15, 0.2) is 93.6 Å². The zero-order valence-electron chi connectivity index (χ0n) is 22.4. The predicted octanol–water partition coefficient (Wildman–Crippen LogP) is 5.34. The number of piperazine rings is 1. The maximum atomic E-state index is 13.2. The van der Waals surface area contributed by atoms with Crippen LogP contribution in [0.4, 0.5) is 5.69 Å². The van der Waals surface area contributed by atoms with E-state index >= 15 is 0 Å². The molecule has 0 bridgehead atoms. The molecule has 0 aromatic heterocycles. The van der Waals surface area contributed by atoms with Gasteiger partial charge in [-0.15, -0.1) is 0 Å². The van der Waals surface area contributed by atoms with Crippen LogP contribution in [0.1, 0.15) is 37.3 Å². The fraction of sp³-hybridized carbons (Fsp3) is 0.344. The molecule has 6 rings (SSSR count). The lowest BCUT2D eigenvalue weighted by Crippen LogP contribution is -2.49. The quantitative estimate of drug-likeness (QED) is 0.313. The van der Waals surface area contributed by atoms with Crippen LogP contribution in [0.25, 0.3) is 0 Å². The number of hydrogen-bond donors (Lipinski definition) is 0. The van der Waals surface area contributed by atoms with Gasteiger partial charge in [0.1, 0.15) is 5.84 Å². The molecule has 2 amide bonds. The number of benzene rings is 3. The number of para-hydroxylation sites is 1. The third-order valence-corrected chi connectivity index (χ3v) is 9.29. The number of imide groups is 1. The number of unbranched alkanes of at least 4 members (excludes halogenated alkanes) is 1. The van der Waals surface area contributed by atoms with E-state index in [2.05, 4.69) is 58.3 Å². The molecule has 0 aliphatic carbocycles. The lowest BCUT2D eigenvalue weighted by molar-refractivity contribution is -0.139. The van der Waals surface area contributed by atoms with Crippen LogP contribution in [-0.2, 0) is 15.0 Å². The molecule has 2 fully saturated rings. The van der Waals surface area contributed by atoms with Gasteiger partial charge in [0.15, 0.2) is 0 Å². The zero-order valence-corrected chi connectivity index (χ0v) is 23.2. The summed E-state index contributed by atoms with van der Waals surface area (Å²) < 4.78 is 0. The second-order valence-corrected chi connectivity index (χ2v) is 11.8. The molecule has 0 saturated carbocycles. The molecule has 6 nitrogen and oxygen atoms in total. The van der Waals surface area contributed by atoms with E-state index in [0.717, 1.165) is 62.7 Å². The fourth-order valence-electron chi connectivity index (χ4n) is 5.84. The van der Waals surface area contributed by atoms with Gasteiger partial charge in [-0.3, -0.25) is 19.4 Å². The van der Waals surface area contributed by atoms with Gasteiger partial charge in [0.2, 0.25) is 11.8 Å². The SMILES string of the molecule is CC1(c2ccccc2)CC(=O)N(CCCCN2CCN(C3=Nc4ccccc4Sc4ccccc43)CC2)C1=O. The van der Waals surface area contributed by atoms with Crippen LogP contribution in [0.5, 0.6) is 0 Å². The maximum Gasteiger partial charge on any atom is 0.240 e. The van der Waals surface area contributed by atoms with Crippen molar-refractivity contribution in [2.75, 3.05) is 39.3 Å². The molecule has 0 radical (unpaired) electrons. The summed E-state index contributed by atoms with van der Waals surface area (Å²) in [5.74, 6) is 0.955. The normalized spacial score (nSPS) is 21.4. The molecular formula is C32H34N4O2S. The summed E-state index contributed by atoms with van der Waals surface area (Å²) in [6.45, 7) is 7.19. The van der Waals surface area contributed by atoms with E-state index in [1.165, 1.54) is 20.3 Å². The third kappa shape index (κ3) is 5.13. The van der Waals surface area contributed by atoms with Crippen LogP contribution in [-0.4, -0.2) is 71.6 Å².